The Bertz CT molecular complexity index is 753. The summed E-state index contributed by atoms with van der Waals surface area (Å²) in [5.41, 5.74) is 2.39. The second-order valence-corrected chi connectivity index (χ2v) is 7.93. The maximum Gasteiger partial charge on any atom is 0.251 e. The number of sulfone groups is 1. The molecule has 1 amide bonds. The molecule has 23 heavy (non-hydrogen) atoms. The van der Waals surface area contributed by atoms with Gasteiger partial charge in [0.2, 0.25) is 0 Å². The third-order valence-corrected chi connectivity index (χ3v) is 4.44. The monoisotopic (exact) mass is 331 g/mol. The molecule has 0 aromatic heterocycles. The predicted octanol–water partition coefficient (Wildman–Crippen LogP) is 2.76. The van der Waals surface area contributed by atoms with Crippen molar-refractivity contribution in [1.82, 2.24) is 5.32 Å². The van der Waals surface area contributed by atoms with Gasteiger partial charge in [0.25, 0.3) is 5.91 Å². The quantitative estimate of drug-likeness (QED) is 0.885. The molecule has 0 fully saturated rings. The van der Waals surface area contributed by atoms with Crippen molar-refractivity contribution >= 4 is 15.7 Å². The van der Waals surface area contributed by atoms with Gasteiger partial charge in [0, 0.05) is 18.4 Å². The fraction of sp³-hybridized carbons (Fsp3) is 0.278. The maximum atomic E-state index is 12.1. The molecule has 0 radical (unpaired) electrons. The summed E-state index contributed by atoms with van der Waals surface area (Å²) in [4.78, 5) is 12.1. The van der Waals surface area contributed by atoms with Crippen molar-refractivity contribution in [2.75, 3.05) is 12.8 Å². The number of rotatable bonds is 6. The average molecular weight is 331 g/mol. The van der Waals surface area contributed by atoms with E-state index in [0.29, 0.717) is 17.7 Å². The standard InChI is InChI=1S/C18H21NO3S/c1-14(16-6-4-3-5-7-16)12-19-18(20)17-10-8-15(9-11-17)13-23(2,21)22/h3-11,14H,12-13H2,1-2H3,(H,19,20)/t14-/m1/s1. The first kappa shape index (κ1) is 17.2. The summed E-state index contributed by atoms with van der Waals surface area (Å²) in [5, 5.41) is 2.91. The Morgan fingerprint density at radius 3 is 2.22 bits per heavy atom. The largest absolute Gasteiger partial charge is 0.351 e. The van der Waals surface area contributed by atoms with Gasteiger partial charge < -0.3 is 5.32 Å². The van der Waals surface area contributed by atoms with Gasteiger partial charge in [-0.1, -0.05) is 49.4 Å². The smallest absolute Gasteiger partial charge is 0.251 e. The van der Waals surface area contributed by atoms with E-state index in [-0.39, 0.29) is 17.6 Å². The number of benzene rings is 2. The van der Waals surface area contributed by atoms with E-state index < -0.39 is 9.84 Å². The highest BCUT2D eigenvalue weighted by Crippen LogP contribution is 2.13. The van der Waals surface area contributed by atoms with Crippen LogP contribution in [0.3, 0.4) is 0 Å². The molecule has 0 saturated heterocycles. The average Bonchev–Trinajstić information content (AvgIpc) is 2.52. The summed E-state index contributed by atoms with van der Waals surface area (Å²) in [6.07, 6.45) is 1.19. The zero-order valence-electron chi connectivity index (χ0n) is 13.3. The Hall–Kier alpha value is -2.14. The van der Waals surface area contributed by atoms with Crippen molar-refractivity contribution in [2.24, 2.45) is 0 Å². The molecule has 0 saturated carbocycles. The lowest BCUT2D eigenvalue weighted by Gasteiger charge is -2.13. The molecule has 0 heterocycles. The normalized spacial score (nSPS) is 12.6. The van der Waals surface area contributed by atoms with E-state index in [9.17, 15) is 13.2 Å². The van der Waals surface area contributed by atoms with E-state index in [1.165, 1.54) is 11.8 Å². The third-order valence-electron chi connectivity index (χ3n) is 3.58. The Labute approximate surface area is 137 Å². The van der Waals surface area contributed by atoms with Gasteiger partial charge in [0.05, 0.1) is 5.75 Å². The van der Waals surface area contributed by atoms with Crippen LogP contribution < -0.4 is 5.32 Å². The fourth-order valence-electron chi connectivity index (χ4n) is 2.30. The molecule has 0 bridgehead atoms. The number of amides is 1. The molecular weight excluding hydrogens is 310 g/mol. The number of hydrogen-bond donors (Lipinski definition) is 1. The van der Waals surface area contributed by atoms with Crippen LogP contribution in [-0.4, -0.2) is 27.1 Å². The van der Waals surface area contributed by atoms with Crippen molar-refractivity contribution in [3.05, 3.63) is 71.3 Å². The highest BCUT2D eigenvalue weighted by Gasteiger charge is 2.10. The molecule has 122 valence electrons. The molecule has 4 nitrogen and oxygen atoms in total. The number of nitrogens with one attached hydrogen (secondary N) is 1. The topological polar surface area (TPSA) is 63.2 Å². The second-order valence-electron chi connectivity index (χ2n) is 5.79. The van der Waals surface area contributed by atoms with Gasteiger partial charge in [-0.15, -0.1) is 0 Å². The molecule has 2 rings (SSSR count). The fourth-order valence-corrected chi connectivity index (χ4v) is 3.10. The zero-order chi connectivity index (χ0) is 16.9. The van der Waals surface area contributed by atoms with E-state index in [4.69, 9.17) is 0 Å². The summed E-state index contributed by atoms with van der Waals surface area (Å²) in [5.74, 6) is 0.0586. The van der Waals surface area contributed by atoms with Crippen LogP contribution in [0.5, 0.6) is 0 Å². The number of hydrogen-bond acceptors (Lipinski definition) is 3. The highest BCUT2D eigenvalue weighted by molar-refractivity contribution is 7.89. The van der Waals surface area contributed by atoms with Gasteiger partial charge in [0.15, 0.2) is 9.84 Å². The summed E-state index contributed by atoms with van der Waals surface area (Å²) < 4.78 is 22.5. The first-order valence-corrected chi connectivity index (χ1v) is 9.51. The van der Waals surface area contributed by atoms with Gasteiger partial charge in [-0.25, -0.2) is 8.42 Å². The molecule has 0 unspecified atom stereocenters. The van der Waals surface area contributed by atoms with E-state index in [2.05, 4.69) is 12.2 Å². The molecule has 5 heteroatoms. The first-order valence-electron chi connectivity index (χ1n) is 7.45. The van der Waals surface area contributed by atoms with Gasteiger partial charge in [-0.2, -0.15) is 0 Å². The molecular formula is C18H21NO3S. The van der Waals surface area contributed by atoms with Crippen molar-refractivity contribution in [1.29, 1.82) is 0 Å². The van der Waals surface area contributed by atoms with Crippen LogP contribution in [0, 0.1) is 0 Å². The molecule has 0 spiro atoms. The Kier molecular flexibility index (Phi) is 5.55. The van der Waals surface area contributed by atoms with E-state index >= 15 is 0 Å². The van der Waals surface area contributed by atoms with Gasteiger partial charge in [-0.05, 0) is 29.2 Å². The highest BCUT2D eigenvalue weighted by atomic mass is 32.2. The summed E-state index contributed by atoms with van der Waals surface area (Å²) >= 11 is 0. The van der Waals surface area contributed by atoms with Crippen LogP contribution in [0.4, 0.5) is 0 Å². The Balaban J connectivity index is 1.93. The SMILES string of the molecule is C[C@H](CNC(=O)c1ccc(CS(C)(=O)=O)cc1)c1ccccc1. The number of carbonyl (C=O) groups excluding carboxylic acids is 1. The van der Waals surface area contributed by atoms with Crippen molar-refractivity contribution in [3.63, 3.8) is 0 Å². The Morgan fingerprint density at radius 1 is 1.04 bits per heavy atom. The summed E-state index contributed by atoms with van der Waals surface area (Å²) in [7, 11) is -3.06. The molecule has 0 aliphatic rings. The van der Waals surface area contributed by atoms with Gasteiger partial charge in [0.1, 0.15) is 0 Å². The zero-order valence-corrected chi connectivity index (χ0v) is 14.1. The molecule has 1 atom stereocenters. The minimum atomic E-state index is -3.06. The molecule has 1 N–H and O–H groups in total. The second kappa shape index (κ2) is 7.42. The van der Waals surface area contributed by atoms with Crippen molar-refractivity contribution in [2.45, 2.75) is 18.6 Å². The van der Waals surface area contributed by atoms with Crippen LogP contribution in [-0.2, 0) is 15.6 Å². The molecule has 0 aliphatic carbocycles. The lowest BCUT2D eigenvalue weighted by Crippen LogP contribution is -2.27. The minimum Gasteiger partial charge on any atom is -0.351 e. The van der Waals surface area contributed by atoms with Crippen molar-refractivity contribution < 1.29 is 13.2 Å². The van der Waals surface area contributed by atoms with Crippen LogP contribution in [0.25, 0.3) is 0 Å². The lowest BCUT2D eigenvalue weighted by atomic mass is 10.0. The molecule has 2 aromatic rings. The van der Waals surface area contributed by atoms with Crippen LogP contribution in [0.1, 0.15) is 34.3 Å². The summed E-state index contributed by atoms with van der Waals surface area (Å²) in [6.45, 7) is 2.61. The van der Waals surface area contributed by atoms with E-state index in [1.807, 2.05) is 30.3 Å². The number of carbonyl (C=O) groups is 1. The van der Waals surface area contributed by atoms with Crippen LogP contribution in [0.2, 0.25) is 0 Å². The third kappa shape index (κ3) is 5.53. The maximum absolute atomic E-state index is 12.1. The van der Waals surface area contributed by atoms with E-state index in [0.717, 1.165) is 0 Å². The van der Waals surface area contributed by atoms with Gasteiger partial charge >= 0.3 is 0 Å². The van der Waals surface area contributed by atoms with Crippen LogP contribution in [0.15, 0.2) is 54.6 Å². The van der Waals surface area contributed by atoms with Crippen molar-refractivity contribution in [3.8, 4) is 0 Å². The first-order chi connectivity index (χ1) is 10.8. The van der Waals surface area contributed by atoms with E-state index in [1.54, 1.807) is 24.3 Å². The lowest BCUT2D eigenvalue weighted by molar-refractivity contribution is 0.0951. The molecule has 2 aromatic carbocycles. The Morgan fingerprint density at radius 2 is 1.65 bits per heavy atom. The minimum absolute atomic E-state index is 0.0139. The molecule has 0 aliphatic heterocycles. The predicted molar refractivity (Wildman–Crippen MR) is 92.2 cm³/mol. The summed E-state index contributed by atoms with van der Waals surface area (Å²) in [6, 6.07) is 16.7. The van der Waals surface area contributed by atoms with Gasteiger partial charge in [-0.3, -0.25) is 4.79 Å². The van der Waals surface area contributed by atoms with Crippen LogP contribution >= 0.6 is 0 Å².